The van der Waals surface area contributed by atoms with Gasteiger partial charge in [-0.1, -0.05) is 25.7 Å². The number of hydrogen-bond donors (Lipinski definition) is 1. The minimum Gasteiger partial charge on any atom is -0.377 e. The lowest BCUT2D eigenvalue weighted by atomic mass is 9.74. The molecule has 1 heterocycles. The van der Waals surface area contributed by atoms with Gasteiger partial charge in [-0.3, -0.25) is 0 Å². The summed E-state index contributed by atoms with van der Waals surface area (Å²) in [7, 11) is 0. The van der Waals surface area contributed by atoms with Gasteiger partial charge < -0.3 is 5.11 Å². The van der Waals surface area contributed by atoms with E-state index in [2.05, 4.69) is 12.8 Å². The van der Waals surface area contributed by atoms with Gasteiger partial charge in [0.25, 0.3) is 0 Å². The summed E-state index contributed by atoms with van der Waals surface area (Å²) in [5.41, 5.74) is -0.810. The van der Waals surface area contributed by atoms with E-state index in [-0.39, 0.29) is 0 Å². The van der Waals surface area contributed by atoms with Crippen LogP contribution in [0, 0.1) is 18.3 Å². The molecule has 2 rings (SSSR count). The SMILES string of the molecule is C#C[C@]1(O)C[C@@H](C)S[C@H]2CCCC[C@@H]21. The standard InChI is InChI=1S/C12H18OS/c1-3-12(13)8-9(2)14-11-7-5-4-6-10(11)12/h1,9-11,13H,4-8H2,2H3/t9-,10+,11+,12+/m1/s1. The fourth-order valence-corrected chi connectivity index (χ4v) is 4.71. The van der Waals surface area contributed by atoms with Gasteiger partial charge in [0.05, 0.1) is 0 Å². The van der Waals surface area contributed by atoms with Crippen LogP contribution in [0.2, 0.25) is 0 Å². The van der Waals surface area contributed by atoms with Crippen LogP contribution in [0.4, 0.5) is 0 Å². The average molecular weight is 210 g/mol. The monoisotopic (exact) mass is 210 g/mol. The molecule has 0 unspecified atom stereocenters. The summed E-state index contributed by atoms with van der Waals surface area (Å²) in [5.74, 6) is 3.00. The number of rotatable bonds is 0. The molecule has 1 aliphatic heterocycles. The van der Waals surface area contributed by atoms with Gasteiger partial charge in [0, 0.05) is 16.4 Å². The van der Waals surface area contributed by atoms with E-state index in [4.69, 9.17) is 6.42 Å². The molecule has 0 aromatic heterocycles. The van der Waals surface area contributed by atoms with E-state index in [9.17, 15) is 5.11 Å². The van der Waals surface area contributed by atoms with Gasteiger partial charge in [-0.2, -0.15) is 11.8 Å². The predicted octanol–water partition coefficient (Wildman–Crippen LogP) is 2.43. The van der Waals surface area contributed by atoms with Crippen molar-refractivity contribution in [3.8, 4) is 12.3 Å². The molecule has 0 aromatic carbocycles. The molecule has 2 fully saturated rings. The Morgan fingerprint density at radius 1 is 1.43 bits per heavy atom. The first-order valence-electron chi connectivity index (χ1n) is 5.51. The molecule has 1 saturated carbocycles. The zero-order valence-electron chi connectivity index (χ0n) is 8.70. The summed E-state index contributed by atoms with van der Waals surface area (Å²) in [6.45, 7) is 2.18. The lowest BCUT2D eigenvalue weighted by Crippen LogP contribution is -2.49. The molecule has 1 N–H and O–H groups in total. The molecule has 14 heavy (non-hydrogen) atoms. The van der Waals surface area contributed by atoms with Gasteiger partial charge in [-0.25, -0.2) is 0 Å². The summed E-state index contributed by atoms with van der Waals surface area (Å²) in [4.78, 5) is 0. The molecule has 1 nitrogen and oxygen atoms in total. The number of aliphatic hydroxyl groups is 1. The first-order valence-corrected chi connectivity index (χ1v) is 6.45. The molecular weight excluding hydrogens is 192 g/mol. The van der Waals surface area contributed by atoms with E-state index in [1.165, 1.54) is 19.3 Å². The van der Waals surface area contributed by atoms with Crippen molar-refractivity contribution in [1.82, 2.24) is 0 Å². The molecule has 0 amide bonds. The van der Waals surface area contributed by atoms with Crippen molar-refractivity contribution in [2.45, 2.75) is 55.1 Å². The number of thioether (sulfide) groups is 1. The van der Waals surface area contributed by atoms with Crippen LogP contribution in [0.3, 0.4) is 0 Å². The maximum absolute atomic E-state index is 10.4. The molecular formula is C12H18OS. The van der Waals surface area contributed by atoms with Gasteiger partial charge >= 0.3 is 0 Å². The number of terminal acetylenes is 1. The Labute approximate surface area is 90.7 Å². The van der Waals surface area contributed by atoms with Crippen molar-refractivity contribution in [2.75, 3.05) is 0 Å². The highest BCUT2D eigenvalue weighted by molar-refractivity contribution is 8.00. The van der Waals surface area contributed by atoms with Crippen molar-refractivity contribution in [1.29, 1.82) is 0 Å². The largest absolute Gasteiger partial charge is 0.377 e. The quantitative estimate of drug-likeness (QED) is 0.620. The van der Waals surface area contributed by atoms with E-state index in [0.717, 1.165) is 12.8 Å². The first kappa shape index (κ1) is 10.4. The third kappa shape index (κ3) is 1.68. The summed E-state index contributed by atoms with van der Waals surface area (Å²) in [6, 6.07) is 0. The van der Waals surface area contributed by atoms with Crippen LogP contribution in [-0.2, 0) is 0 Å². The van der Waals surface area contributed by atoms with Gasteiger partial charge in [0.1, 0.15) is 5.60 Å². The Balaban J connectivity index is 2.20. The highest BCUT2D eigenvalue weighted by Crippen LogP contribution is 2.48. The summed E-state index contributed by atoms with van der Waals surface area (Å²) in [6.07, 6.45) is 11.2. The third-order valence-corrected chi connectivity index (χ3v) is 5.12. The van der Waals surface area contributed by atoms with E-state index >= 15 is 0 Å². The highest BCUT2D eigenvalue weighted by atomic mass is 32.2. The molecule has 0 radical (unpaired) electrons. The summed E-state index contributed by atoms with van der Waals surface area (Å²) in [5, 5.41) is 11.5. The molecule has 0 spiro atoms. The Hall–Kier alpha value is -0.130. The zero-order valence-corrected chi connectivity index (χ0v) is 9.52. The van der Waals surface area contributed by atoms with Crippen molar-refractivity contribution < 1.29 is 5.11 Å². The van der Waals surface area contributed by atoms with Crippen LogP contribution >= 0.6 is 11.8 Å². The maximum Gasteiger partial charge on any atom is 0.130 e. The van der Waals surface area contributed by atoms with Crippen LogP contribution in [0.5, 0.6) is 0 Å². The molecule has 4 atom stereocenters. The molecule has 1 saturated heterocycles. The second-order valence-corrected chi connectivity index (χ2v) is 6.33. The minimum atomic E-state index is -0.810. The van der Waals surface area contributed by atoms with Crippen molar-refractivity contribution in [2.24, 2.45) is 5.92 Å². The normalized spacial score (nSPS) is 47.9. The van der Waals surface area contributed by atoms with Gasteiger partial charge in [0.2, 0.25) is 0 Å². The topological polar surface area (TPSA) is 20.2 Å². The van der Waals surface area contributed by atoms with Gasteiger partial charge in [0.15, 0.2) is 0 Å². The van der Waals surface area contributed by atoms with Crippen molar-refractivity contribution >= 4 is 11.8 Å². The minimum absolute atomic E-state index is 0.349. The second-order valence-electron chi connectivity index (χ2n) is 4.65. The molecule has 2 aliphatic rings. The Morgan fingerprint density at radius 3 is 2.86 bits per heavy atom. The summed E-state index contributed by atoms with van der Waals surface area (Å²) < 4.78 is 0. The Bertz CT molecular complexity index is 258. The Kier molecular flexibility index (Phi) is 2.81. The number of fused-ring (bicyclic) bond motifs is 1. The van der Waals surface area contributed by atoms with Crippen molar-refractivity contribution in [3.05, 3.63) is 0 Å². The average Bonchev–Trinajstić information content (AvgIpc) is 2.17. The zero-order chi connectivity index (χ0) is 10.2. The van der Waals surface area contributed by atoms with E-state index in [1.807, 2.05) is 11.8 Å². The number of hydrogen-bond acceptors (Lipinski definition) is 2. The van der Waals surface area contributed by atoms with E-state index in [1.54, 1.807) is 0 Å². The van der Waals surface area contributed by atoms with Crippen LogP contribution in [0.1, 0.15) is 39.0 Å². The van der Waals surface area contributed by atoms with E-state index in [0.29, 0.717) is 16.4 Å². The summed E-state index contributed by atoms with van der Waals surface area (Å²) >= 11 is 2.03. The molecule has 78 valence electrons. The fourth-order valence-electron chi connectivity index (χ4n) is 2.91. The van der Waals surface area contributed by atoms with Gasteiger partial charge in [-0.15, -0.1) is 6.42 Å². The molecule has 0 bridgehead atoms. The lowest BCUT2D eigenvalue weighted by molar-refractivity contribution is 0.0108. The molecule has 0 aromatic rings. The lowest BCUT2D eigenvalue weighted by Gasteiger charge is -2.46. The van der Waals surface area contributed by atoms with Crippen LogP contribution < -0.4 is 0 Å². The molecule has 2 heteroatoms. The van der Waals surface area contributed by atoms with Gasteiger partial charge in [-0.05, 0) is 19.3 Å². The van der Waals surface area contributed by atoms with Crippen LogP contribution in [0.15, 0.2) is 0 Å². The Morgan fingerprint density at radius 2 is 2.14 bits per heavy atom. The molecule has 1 aliphatic carbocycles. The fraction of sp³-hybridized carbons (Fsp3) is 0.833. The van der Waals surface area contributed by atoms with Crippen LogP contribution in [-0.4, -0.2) is 21.2 Å². The third-order valence-electron chi connectivity index (χ3n) is 3.57. The first-order chi connectivity index (χ1) is 6.65. The highest BCUT2D eigenvalue weighted by Gasteiger charge is 2.46. The predicted molar refractivity (Wildman–Crippen MR) is 61.2 cm³/mol. The van der Waals surface area contributed by atoms with Crippen LogP contribution in [0.25, 0.3) is 0 Å². The maximum atomic E-state index is 10.4. The van der Waals surface area contributed by atoms with E-state index < -0.39 is 5.60 Å². The smallest absolute Gasteiger partial charge is 0.130 e. The second kappa shape index (κ2) is 3.79. The van der Waals surface area contributed by atoms with Crippen molar-refractivity contribution in [3.63, 3.8) is 0 Å².